The molecule has 0 saturated carbocycles. The van der Waals surface area contributed by atoms with Crippen LogP contribution >= 0.6 is 0 Å². The van der Waals surface area contributed by atoms with E-state index in [-0.39, 0.29) is 5.75 Å². The van der Waals surface area contributed by atoms with Gasteiger partial charge in [0.25, 0.3) is 0 Å². The average molecular weight is 320 g/mol. The Bertz CT molecular complexity index is 367. The predicted molar refractivity (Wildman–Crippen MR) is 91.7 cm³/mol. The summed E-state index contributed by atoms with van der Waals surface area (Å²) >= 11 is 0. The van der Waals surface area contributed by atoms with Crippen molar-refractivity contribution in [2.75, 3.05) is 32.1 Å². The van der Waals surface area contributed by atoms with Gasteiger partial charge in [-0.1, -0.05) is 51.9 Å². The van der Waals surface area contributed by atoms with Crippen molar-refractivity contribution >= 4 is 15.8 Å². The van der Waals surface area contributed by atoms with Crippen LogP contribution in [0.25, 0.3) is 0 Å². The quantitative estimate of drug-likeness (QED) is 0.329. The van der Waals surface area contributed by atoms with Crippen molar-refractivity contribution in [1.29, 1.82) is 0 Å². The summed E-state index contributed by atoms with van der Waals surface area (Å²) in [7, 11) is -1.22. The molecule has 0 aliphatic rings. The number of hydrogen-bond acceptors (Lipinski definition) is 3. The molecule has 0 aliphatic carbocycles. The number of sulfone groups is 1. The standard InChI is InChI=1S/C15H33N3O2S/c1-4-5-6-7-8-9-10-11-12-17-15(16-2)18-13-14-21(3,19)20/h4-14H2,1-3H3,(H2,16,17,18). The summed E-state index contributed by atoms with van der Waals surface area (Å²) < 4.78 is 22.1. The highest BCUT2D eigenvalue weighted by atomic mass is 32.2. The van der Waals surface area contributed by atoms with Gasteiger partial charge in [0, 0.05) is 26.4 Å². The summed E-state index contributed by atoms with van der Waals surface area (Å²) in [6.45, 7) is 3.52. The normalized spacial score (nSPS) is 12.4. The van der Waals surface area contributed by atoms with Crippen molar-refractivity contribution in [2.24, 2.45) is 4.99 Å². The van der Waals surface area contributed by atoms with Crippen LogP contribution in [-0.4, -0.2) is 46.5 Å². The van der Waals surface area contributed by atoms with Crippen molar-refractivity contribution in [3.05, 3.63) is 0 Å². The van der Waals surface area contributed by atoms with Crippen LogP contribution in [0.5, 0.6) is 0 Å². The molecule has 0 rings (SSSR count). The minimum atomic E-state index is -2.92. The van der Waals surface area contributed by atoms with Gasteiger partial charge < -0.3 is 10.6 Å². The molecule has 0 amide bonds. The Morgan fingerprint density at radius 1 is 0.905 bits per heavy atom. The van der Waals surface area contributed by atoms with Gasteiger partial charge in [-0.15, -0.1) is 0 Å². The van der Waals surface area contributed by atoms with Crippen LogP contribution in [-0.2, 0) is 9.84 Å². The summed E-state index contributed by atoms with van der Waals surface area (Å²) in [4.78, 5) is 4.07. The van der Waals surface area contributed by atoms with Gasteiger partial charge in [-0.3, -0.25) is 4.99 Å². The SMILES string of the molecule is CCCCCCCCCCNC(=NC)NCCS(C)(=O)=O. The molecule has 0 saturated heterocycles. The molecule has 0 spiro atoms. The Labute approximate surface area is 130 Å². The minimum absolute atomic E-state index is 0.130. The first kappa shape index (κ1) is 20.2. The van der Waals surface area contributed by atoms with Crippen molar-refractivity contribution in [1.82, 2.24) is 10.6 Å². The van der Waals surface area contributed by atoms with E-state index >= 15 is 0 Å². The number of nitrogens with one attached hydrogen (secondary N) is 2. The van der Waals surface area contributed by atoms with Crippen LogP contribution in [0.2, 0.25) is 0 Å². The Kier molecular flexibility index (Phi) is 12.4. The highest BCUT2D eigenvalue weighted by Crippen LogP contribution is 2.07. The summed E-state index contributed by atoms with van der Waals surface area (Å²) in [5.74, 6) is 0.812. The maximum Gasteiger partial charge on any atom is 0.191 e. The number of aliphatic imine (C=N–C) groups is 1. The monoisotopic (exact) mass is 319 g/mol. The van der Waals surface area contributed by atoms with Gasteiger partial charge in [-0.05, 0) is 6.42 Å². The number of rotatable bonds is 12. The number of guanidine groups is 1. The first-order valence-electron chi connectivity index (χ1n) is 8.12. The Hall–Kier alpha value is -0.780. The molecule has 0 radical (unpaired) electrons. The summed E-state index contributed by atoms with van der Waals surface area (Å²) in [5.41, 5.74) is 0. The first-order chi connectivity index (χ1) is 9.99. The molecule has 6 heteroatoms. The molecule has 0 aromatic carbocycles. The van der Waals surface area contributed by atoms with Gasteiger partial charge in [-0.25, -0.2) is 8.42 Å². The molecule has 0 heterocycles. The van der Waals surface area contributed by atoms with E-state index in [0.29, 0.717) is 12.5 Å². The van der Waals surface area contributed by atoms with Gasteiger partial charge in [0.05, 0.1) is 5.75 Å². The van der Waals surface area contributed by atoms with Crippen LogP contribution in [0.3, 0.4) is 0 Å². The lowest BCUT2D eigenvalue weighted by atomic mass is 10.1. The molecular weight excluding hydrogens is 286 g/mol. The maximum absolute atomic E-state index is 11.0. The Morgan fingerprint density at radius 2 is 1.43 bits per heavy atom. The molecule has 0 bridgehead atoms. The van der Waals surface area contributed by atoms with E-state index in [4.69, 9.17) is 0 Å². The molecule has 0 aromatic rings. The van der Waals surface area contributed by atoms with Gasteiger partial charge >= 0.3 is 0 Å². The summed E-state index contributed by atoms with van der Waals surface area (Å²) in [6, 6.07) is 0. The molecule has 2 N–H and O–H groups in total. The second-order valence-electron chi connectivity index (χ2n) is 5.53. The molecule has 21 heavy (non-hydrogen) atoms. The van der Waals surface area contributed by atoms with Gasteiger partial charge in [0.2, 0.25) is 0 Å². The molecule has 0 atom stereocenters. The number of nitrogens with zero attached hydrogens (tertiary/aromatic N) is 1. The predicted octanol–water partition coefficient (Wildman–Crippen LogP) is 2.34. The van der Waals surface area contributed by atoms with Crippen molar-refractivity contribution in [3.63, 3.8) is 0 Å². The third-order valence-electron chi connectivity index (χ3n) is 3.31. The van der Waals surface area contributed by atoms with Gasteiger partial charge in [0.1, 0.15) is 9.84 Å². The van der Waals surface area contributed by atoms with E-state index in [1.807, 2.05) is 0 Å². The smallest absolute Gasteiger partial charge is 0.191 e. The molecule has 5 nitrogen and oxygen atoms in total. The van der Waals surface area contributed by atoms with E-state index in [2.05, 4.69) is 22.5 Å². The highest BCUT2D eigenvalue weighted by molar-refractivity contribution is 7.90. The Morgan fingerprint density at radius 3 is 1.95 bits per heavy atom. The third kappa shape index (κ3) is 15.4. The van der Waals surface area contributed by atoms with Crippen molar-refractivity contribution in [3.8, 4) is 0 Å². The van der Waals surface area contributed by atoms with E-state index < -0.39 is 9.84 Å². The third-order valence-corrected chi connectivity index (χ3v) is 4.26. The fourth-order valence-electron chi connectivity index (χ4n) is 2.04. The van der Waals surface area contributed by atoms with Crippen LogP contribution in [0.1, 0.15) is 58.3 Å². The lowest BCUT2D eigenvalue weighted by Gasteiger charge is -2.11. The molecule has 0 fully saturated rings. The highest BCUT2D eigenvalue weighted by Gasteiger charge is 2.02. The molecule has 126 valence electrons. The molecular formula is C15H33N3O2S. The Balaban J connectivity index is 3.48. The van der Waals surface area contributed by atoms with E-state index in [1.165, 1.54) is 51.2 Å². The second-order valence-corrected chi connectivity index (χ2v) is 7.79. The zero-order valence-corrected chi connectivity index (χ0v) is 14.8. The van der Waals surface area contributed by atoms with Gasteiger partial charge in [-0.2, -0.15) is 0 Å². The topological polar surface area (TPSA) is 70.6 Å². The second kappa shape index (κ2) is 12.9. The van der Waals surface area contributed by atoms with Crippen LogP contribution in [0.15, 0.2) is 4.99 Å². The average Bonchev–Trinajstić information content (AvgIpc) is 2.42. The zero-order valence-electron chi connectivity index (χ0n) is 14.0. The fourth-order valence-corrected chi connectivity index (χ4v) is 2.51. The van der Waals surface area contributed by atoms with E-state index in [0.717, 1.165) is 13.0 Å². The first-order valence-corrected chi connectivity index (χ1v) is 10.2. The lowest BCUT2D eigenvalue weighted by Crippen LogP contribution is -2.39. The number of hydrogen-bond donors (Lipinski definition) is 2. The maximum atomic E-state index is 11.0. The van der Waals surface area contributed by atoms with Crippen molar-refractivity contribution in [2.45, 2.75) is 58.3 Å². The summed E-state index contributed by atoms with van der Waals surface area (Å²) in [5, 5.41) is 6.22. The van der Waals surface area contributed by atoms with Crippen LogP contribution in [0, 0.1) is 0 Å². The molecule has 0 unspecified atom stereocenters. The fraction of sp³-hybridized carbons (Fsp3) is 0.933. The molecule has 0 aliphatic heterocycles. The van der Waals surface area contributed by atoms with Crippen molar-refractivity contribution < 1.29 is 8.42 Å². The lowest BCUT2D eigenvalue weighted by molar-refractivity contribution is 0.571. The van der Waals surface area contributed by atoms with Crippen LogP contribution < -0.4 is 10.6 Å². The zero-order chi connectivity index (χ0) is 16.0. The number of unbranched alkanes of at least 4 members (excludes halogenated alkanes) is 7. The van der Waals surface area contributed by atoms with Gasteiger partial charge in [0.15, 0.2) is 5.96 Å². The van der Waals surface area contributed by atoms with E-state index in [9.17, 15) is 8.42 Å². The van der Waals surface area contributed by atoms with Crippen LogP contribution in [0.4, 0.5) is 0 Å². The largest absolute Gasteiger partial charge is 0.356 e. The van der Waals surface area contributed by atoms with E-state index in [1.54, 1.807) is 7.05 Å². The summed E-state index contributed by atoms with van der Waals surface area (Å²) in [6.07, 6.45) is 11.6. The molecule has 0 aromatic heterocycles. The minimum Gasteiger partial charge on any atom is -0.356 e.